The van der Waals surface area contributed by atoms with Gasteiger partial charge in [-0.1, -0.05) is 54.2 Å². The lowest BCUT2D eigenvalue weighted by atomic mass is 10.2. The fourth-order valence-corrected chi connectivity index (χ4v) is 6.49. The van der Waals surface area contributed by atoms with E-state index < -0.39 is 11.9 Å². The summed E-state index contributed by atoms with van der Waals surface area (Å²) in [6, 6.07) is 7.04. The number of carbonyl (C=O) groups excluding carboxylic acids is 2. The number of nitrogens with zero attached hydrogens (tertiary/aromatic N) is 2. The highest BCUT2D eigenvalue weighted by Crippen LogP contribution is 2.51. The Bertz CT molecular complexity index is 767. The number of halogens is 1. The molecule has 0 amide bonds. The van der Waals surface area contributed by atoms with E-state index >= 15 is 0 Å². The third-order valence-electron chi connectivity index (χ3n) is 4.71. The third kappa shape index (κ3) is 5.49. The van der Waals surface area contributed by atoms with E-state index in [2.05, 4.69) is 23.9 Å². The molecule has 1 aromatic carbocycles. The van der Waals surface area contributed by atoms with Crippen molar-refractivity contribution < 1.29 is 19.1 Å². The first-order valence-electron chi connectivity index (χ1n) is 9.47. The molecule has 0 N–H and O–H groups in total. The molecule has 1 aromatic rings. The Hall–Kier alpha value is -1.19. The van der Waals surface area contributed by atoms with Gasteiger partial charge < -0.3 is 9.47 Å². The summed E-state index contributed by atoms with van der Waals surface area (Å²) in [4.78, 5) is 30.1. The molecule has 6 nitrogen and oxygen atoms in total. The first kappa shape index (κ1) is 22.5. The van der Waals surface area contributed by atoms with Gasteiger partial charge in [0.25, 0.3) is 0 Å². The van der Waals surface area contributed by atoms with Crippen LogP contribution in [0.4, 0.5) is 0 Å². The number of rotatable bonds is 6. The number of benzene rings is 1. The topological polar surface area (TPSA) is 59.1 Å². The van der Waals surface area contributed by atoms with Crippen molar-refractivity contribution in [3.8, 4) is 0 Å². The van der Waals surface area contributed by atoms with Crippen LogP contribution in [-0.2, 0) is 25.7 Å². The van der Waals surface area contributed by atoms with E-state index in [4.69, 9.17) is 21.1 Å². The molecule has 3 rings (SSSR count). The van der Waals surface area contributed by atoms with Gasteiger partial charge >= 0.3 is 11.9 Å². The second-order valence-corrected chi connectivity index (χ2v) is 9.93. The predicted molar refractivity (Wildman–Crippen MR) is 118 cm³/mol. The Morgan fingerprint density at radius 1 is 1.03 bits per heavy atom. The summed E-state index contributed by atoms with van der Waals surface area (Å²) in [7, 11) is 4.13. The van der Waals surface area contributed by atoms with Crippen LogP contribution in [0.25, 0.3) is 0 Å². The van der Waals surface area contributed by atoms with Gasteiger partial charge in [0.15, 0.2) is 5.57 Å². The maximum Gasteiger partial charge on any atom is 0.347 e. The van der Waals surface area contributed by atoms with E-state index in [9.17, 15) is 9.59 Å². The third-order valence-corrected chi connectivity index (χ3v) is 8.26. The van der Waals surface area contributed by atoms with Crippen molar-refractivity contribution in [2.24, 2.45) is 0 Å². The molecule has 0 bridgehead atoms. The van der Waals surface area contributed by atoms with Gasteiger partial charge in [0.2, 0.25) is 0 Å². The average molecular weight is 457 g/mol. The molecular weight excluding hydrogens is 432 g/mol. The zero-order valence-electron chi connectivity index (χ0n) is 16.7. The average Bonchev–Trinajstić information content (AvgIpc) is 3.15. The largest absolute Gasteiger partial charge is 0.462 e. The van der Waals surface area contributed by atoms with Crippen LogP contribution in [-0.4, -0.2) is 66.3 Å². The fourth-order valence-electron chi connectivity index (χ4n) is 2.99. The molecule has 2 fully saturated rings. The van der Waals surface area contributed by atoms with Crippen molar-refractivity contribution in [2.45, 2.75) is 30.7 Å². The van der Waals surface area contributed by atoms with E-state index in [1.807, 2.05) is 6.92 Å². The molecule has 0 aliphatic carbocycles. The molecule has 2 unspecified atom stereocenters. The summed E-state index contributed by atoms with van der Waals surface area (Å²) in [6.07, 6.45) is 0.686. The van der Waals surface area contributed by atoms with Crippen LogP contribution in [0, 0.1) is 0 Å². The Morgan fingerprint density at radius 3 is 2.14 bits per heavy atom. The predicted octanol–water partition coefficient (Wildman–Crippen LogP) is 3.56. The van der Waals surface area contributed by atoms with E-state index in [0.717, 1.165) is 18.7 Å². The van der Waals surface area contributed by atoms with Crippen LogP contribution >= 0.6 is 35.1 Å². The number of carbonyl (C=O) groups is 2. The molecule has 0 aromatic heterocycles. The highest BCUT2D eigenvalue weighted by Gasteiger charge is 2.44. The molecule has 2 atom stereocenters. The maximum atomic E-state index is 12.9. The van der Waals surface area contributed by atoms with Crippen LogP contribution in [0.3, 0.4) is 0 Å². The summed E-state index contributed by atoms with van der Waals surface area (Å²) in [5.41, 5.74) is 0.799. The van der Waals surface area contributed by atoms with Crippen molar-refractivity contribution in [2.75, 3.05) is 33.8 Å². The van der Waals surface area contributed by atoms with Crippen LogP contribution in [0.1, 0.15) is 18.9 Å². The number of fused-ring (bicyclic) bond motifs is 1. The molecule has 158 valence electrons. The van der Waals surface area contributed by atoms with Crippen LogP contribution < -0.4 is 0 Å². The van der Waals surface area contributed by atoms with Crippen LogP contribution in [0.15, 0.2) is 34.1 Å². The zero-order chi connectivity index (χ0) is 21.0. The standard InChI is InChI=1S/C20H25ClN2O4S2/c1-4-11-26-18(24)15(19(25)27-12-13-5-7-14(21)8-6-13)20-28-16-17(29-20)23(3)10-9-22(16)2/h5-8,16-17H,4,9-12H2,1-3H3. The van der Waals surface area contributed by atoms with Crippen LogP contribution in [0.2, 0.25) is 5.02 Å². The molecule has 2 heterocycles. The molecule has 0 radical (unpaired) electrons. The van der Waals surface area contributed by atoms with Gasteiger partial charge in [-0.05, 0) is 38.2 Å². The second kappa shape index (κ2) is 10.2. The minimum absolute atomic E-state index is 0.00128. The van der Waals surface area contributed by atoms with Crippen molar-refractivity contribution >= 4 is 47.1 Å². The molecular formula is C20H25ClN2O4S2. The van der Waals surface area contributed by atoms with Gasteiger partial charge in [0.05, 0.1) is 21.6 Å². The molecule has 2 aliphatic rings. The quantitative estimate of drug-likeness (QED) is 0.279. The molecule has 0 spiro atoms. The van der Waals surface area contributed by atoms with Crippen molar-refractivity contribution in [1.29, 1.82) is 0 Å². The Balaban J connectivity index is 1.80. The van der Waals surface area contributed by atoms with E-state index in [-0.39, 0.29) is 29.5 Å². The summed E-state index contributed by atoms with van der Waals surface area (Å²) in [5, 5.41) is 0.958. The molecule has 29 heavy (non-hydrogen) atoms. The normalized spacial score (nSPS) is 22.3. The number of thioether (sulfide) groups is 2. The van der Waals surface area contributed by atoms with Gasteiger partial charge in [-0.2, -0.15) is 0 Å². The Morgan fingerprint density at radius 2 is 1.59 bits per heavy atom. The first-order chi connectivity index (χ1) is 13.9. The summed E-state index contributed by atoms with van der Waals surface area (Å²) in [5.74, 6) is -1.27. The first-order valence-corrected chi connectivity index (χ1v) is 11.6. The van der Waals surface area contributed by atoms with Gasteiger partial charge in [0, 0.05) is 18.1 Å². The van der Waals surface area contributed by atoms with E-state index in [0.29, 0.717) is 15.7 Å². The summed E-state index contributed by atoms with van der Waals surface area (Å²) >= 11 is 8.97. The van der Waals surface area contributed by atoms with Crippen molar-refractivity contribution in [1.82, 2.24) is 9.80 Å². The monoisotopic (exact) mass is 456 g/mol. The maximum absolute atomic E-state index is 12.9. The number of hydrogen-bond donors (Lipinski definition) is 0. The molecule has 0 saturated carbocycles. The van der Waals surface area contributed by atoms with Gasteiger partial charge in [-0.3, -0.25) is 9.80 Å². The number of hydrogen-bond acceptors (Lipinski definition) is 8. The number of ether oxygens (including phenoxy) is 2. The number of likely N-dealkylation sites (N-methyl/N-ethyl adjacent to an activating group) is 2. The minimum atomic E-state index is -0.653. The lowest BCUT2D eigenvalue weighted by molar-refractivity contribution is -0.147. The molecule has 9 heteroatoms. The summed E-state index contributed by atoms with van der Waals surface area (Å²) < 4.78 is 11.4. The lowest BCUT2D eigenvalue weighted by Crippen LogP contribution is -2.52. The summed E-state index contributed by atoms with van der Waals surface area (Å²) in [6.45, 7) is 4.12. The SMILES string of the molecule is CCCOC(=O)C(C(=O)OCc1ccc(Cl)cc1)=C1SC2C(S1)N(C)CCN2C. The molecule has 2 saturated heterocycles. The number of esters is 2. The highest BCUT2D eigenvalue weighted by atomic mass is 35.5. The fraction of sp³-hybridized carbons (Fsp3) is 0.500. The zero-order valence-corrected chi connectivity index (χ0v) is 19.1. The van der Waals surface area contributed by atoms with E-state index in [1.165, 1.54) is 23.5 Å². The van der Waals surface area contributed by atoms with Gasteiger partial charge in [-0.15, -0.1) is 0 Å². The Kier molecular flexibility index (Phi) is 7.92. The smallest absolute Gasteiger partial charge is 0.347 e. The minimum Gasteiger partial charge on any atom is -0.462 e. The molecule has 2 aliphatic heterocycles. The van der Waals surface area contributed by atoms with Gasteiger partial charge in [-0.25, -0.2) is 9.59 Å². The van der Waals surface area contributed by atoms with E-state index in [1.54, 1.807) is 24.3 Å². The van der Waals surface area contributed by atoms with Crippen LogP contribution in [0.5, 0.6) is 0 Å². The van der Waals surface area contributed by atoms with Crippen molar-refractivity contribution in [3.05, 3.63) is 44.7 Å². The van der Waals surface area contributed by atoms with Gasteiger partial charge in [0.1, 0.15) is 6.61 Å². The lowest BCUT2D eigenvalue weighted by Gasteiger charge is -2.39. The number of piperazine rings is 1. The Labute approximate surface area is 184 Å². The second-order valence-electron chi connectivity index (χ2n) is 6.98. The van der Waals surface area contributed by atoms with Crippen molar-refractivity contribution in [3.63, 3.8) is 0 Å². The highest BCUT2D eigenvalue weighted by molar-refractivity contribution is 8.26.